The smallest absolute Gasteiger partial charge is 0.325 e. The summed E-state index contributed by atoms with van der Waals surface area (Å²) in [5.74, 6) is -2.83. The molecular formula is C20H29F2N4O4S+. The monoisotopic (exact) mass is 459 g/mol. The molecule has 1 aromatic carbocycles. The summed E-state index contributed by atoms with van der Waals surface area (Å²) in [4.78, 5) is 27.4. The predicted octanol–water partition coefficient (Wildman–Crippen LogP) is 3.14. The number of carbonyl (C=O) groups excluding carboxylic acids is 2. The van der Waals surface area contributed by atoms with E-state index in [9.17, 15) is 27.1 Å². The molecule has 0 bridgehead atoms. The van der Waals surface area contributed by atoms with E-state index in [4.69, 9.17) is 0 Å². The quantitative estimate of drug-likeness (QED) is 0.662. The molecule has 1 unspecified atom stereocenters. The Morgan fingerprint density at radius 2 is 1.58 bits per heavy atom. The van der Waals surface area contributed by atoms with E-state index in [0.717, 1.165) is 6.42 Å². The molecule has 2 aliphatic heterocycles. The number of amides is 3. The largest absolute Gasteiger partial charge is 0.326 e. The molecule has 0 aromatic heterocycles. The molecule has 0 radical (unpaired) electrons. The molecule has 2 fully saturated rings. The topological polar surface area (TPSA) is 93.2 Å². The third-order valence-corrected chi connectivity index (χ3v) is 7.50. The fraction of sp³-hybridized carbons (Fsp3) is 0.600. The average molecular weight is 460 g/mol. The van der Waals surface area contributed by atoms with Gasteiger partial charge in [-0.2, -0.15) is 4.55 Å². The fourth-order valence-electron chi connectivity index (χ4n) is 3.67. The Kier molecular flexibility index (Phi) is 7.28. The number of urea groups is 1. The Balaban J connectivity index is 1.55. The summed E-state index contributed by atoms with van der Waals surface area (Å²) >= 11 is 0. The van der Waals surface area contributed by atoms with Gasteiger partial charge in [0.2, 0.25) is 10.8 Å². The summed E-state index contributed by atoms with van der Waals surface area (Å²) in [5, 5.41) is 2.73. The number of halogens is 2. The van der Waals surface area contributed by atoms with E-state index in [1.807, 2.05) is 6.92 Å². The molecule has 2 heterocycles. The van der Waals surface area contributed by atoms with Crippen molar-refractivity contribution in [3.8, 4) is 0 Å². The Morgan fingerprint density at radius 1 is 1.03 bits per heavy atom. The molecule has 3 rings (SSSR count). The minimum Gasteiger partial charge on any atom is -0.326 e. The van der Waals surface area contributed by atoms with Crippen LogP contribution in [0.1, 0.15) is 32.6 Å². The van der Waals surface area contributed by atoms with Crippen LogP contribution >= 0.6 is 0 Å². The van der Waals surface area contributed by atoms with Crippen LogP contribution in [0, 0.1) is 0 Å². The van der Waals surface area contributed by atoms with E-state index < -0.39 is 16.3 Å². The number of piperazine rings is 1. The number of hydrogen-bond acceptors (Lipinski definition) is 3. The van der Waals surface area contributed by atoms with Gasteiger partial charge in [0, 0.05) is 63.3 Å². The van der Waals surface area contributed by atoms with Crippen LogP contribution in [0.3, 0.4) is 0 Å². The van der Waals surface area contributed by atoms with Gasteiger partial charge in [0.1, 0.15) is 0 Å². The van der Waals surface area contributed by atoms with Crippen molar-refractivity contribution in [3.05, 3.63) is 24.3 Å². The second-order valence-corrected chi connectivity index (χ2v) is 9.84. The van der Waals surface area contributed by atoms with Crippen LogP contribution in [0.2, 0.25) is 0 Å². The Hall–Kier alpha value is -2.11. The number of carbonyl (C=O) groups is 2. The normalized spacial score (nSPS) is 21.4. The van der Waals surface area contributed by atoms with Crippen molar-refractivity contribution >= 4 is 28.0 Å². The lowest BCUT2D eigenvalue weighted by molar-refractivity contribution is -0.116. The standard InChI is InChI=1S/C20H28F2N4O4S/c1-2-3-18(27)23-16-4-6-17(7-5-16)31(29,30)26-14-12-25(13-15-26)19(28)24-10-8-20(21,22)9-11-24/h4-7H,2-3,8-15H2,1H3,(H-,23,27,29,30)/p+1. The summed E-state index contributed by atoms with van der Waals surface area (Å²) in [6.07, 6.45) is 0.463. The number of benzene rings is 1. The van der Waals surface area contributed by atoms with Crippen LogP contribution in [0.15, 0.2) is 29.2 Å². The molecule has 11 heteroatoms. The van der Waals surface area contributed by atoms with Gasteiger partial charge in [-0.25, -0.2) is 13.6 Å². The highest BCUT2D eigenvalue weighted by Gasteiger charge is 2.42. The summed E-state index contributed by atoms with van der Waals surface area (Å²) < 4.78 is 51.7. The zero-order valence-electron chi connectivity index (χ0n) is 17.6. The van der Waals surface area contributed by atoms with Crippen molar-refractivity contribution in [2.45, 2.75) is 43.4 Å². The number of nitrogens with one attached hydrogen (secondary N) is 1. The number of rotatable bonds is 5. The molecule has 2 aliphatic rings. The van der Waals surface area contributed by atoms with Gasteiger partial charge in [0.15, 0.2) is 0 Å². The Labute approximate surface area is 181 Å². The molecule has 1 atom stereocenters. The first-order chi connectivity index (χ1) is 14.6. The maximum absolute atomic E-state index is 13.3. The van der Waals surface area contributed by atoms with E-state index in [2.05, 4.69) is 5.32 Å². The van der Waals surface area contributed by atoms with E-state index in [1.165, 1.54) is 21.3 Å². The SMILES string of the molecule is CCCC(=O)Nc1ccc([S+](=O)(O)N2CCN(C(=O)N3CCC(F)(F)CC3)CC2)cc1. The van der Waals surface area contributed by atoms with Gasteiger partial charge < -0.3 is 15.1 Å². The first-order valence-electron chi connectivity index (χ1n) is 10.5. The highest BCUT2D eigenvalue weighted by molar-refractivity contribution is 7.95. The van der Waals surface area contributed by atoms with Gasteiger partial charge in [-0.15, -0.1) is 0 Å². The zero-order valence-corrected chi connectivity index (χ0v) is 18.4. The molecule has 8 nitrogen and oxygen atoms in total. The van der Waals surface area contributed by atoms with Crippen LogP contribution in [-0.4, -0.2) is 75.8 Å². The Morgan fingerprint density at radius 3 is 2.13 bits per heavy atom. The molecule has 1 aromatic rings. The third kappa shape index (κ3) is 5.78. The molecule has 0 spiro atoms. The predicted molar refractivity (Wildman–Crippen MR) is 113 cm³/mol. The van der Waals surface area contributed by atoms with Gasteiger partial charge in [-0.3, -0.25) is 4.79 Å². The molecule has 0 saturated carbocycles. The highest BCUT2D eigenvalue weighted by Crippen LogP contribution is 2.29. The number of alkyl halides is 2. The fourth-order valence-corrected chi connectivity index (χ4v) is 5.11. The molecular weight excluding hydrogens is 430 g/mol. The second-order valence-electron chi connectivity index (χ2n) is 7.86. The van der Waals surface area contributed by atoms with Gasteiger partial charge in [-0.1, -0.05) is 11.2 Å². The van der Waals surface area contributed by atoms with Crippen molar-refractivity contribution in [2.75, 3.05) is 44.6 Å². The molecule has 172 valence electrons. The van der Waals surface area contributed by atoms with E-state index in [0.29, 0.717) is 12.1 Å². The minimum atomic E-state index is -3.49. The van der Waals surface area contributed by atoms with Crippen LogP contribution in [0.5, 0.6) is 0 Å². The number of piperidine rings is 1. The summed E-state index contributed by atoms with van der Waals surface area (Å²) in [7, 11) is -3.49. The molecule has 2 saturated heterocycles. The van der Waals surface area contributed by atoms with E-state index in [1.54, 1.807) is 17.0 Å². The lowest BCUT2D eigenvalue weighted by Crippen LogP contribution is -2.56. The van der Waals surface area contributed by atoms with Gasteiger partial charge in [0.25, 0.3) is 5.92 Å². The molecule has 3 amide bonds. The number of hydrogen-bond donors (Lipinski definition) is 2. The lowest BCUT2D eigenvalue weighted by atomic mass is 10.1. The number of nitrogens with zero attached hydrogens (tertiary/aromatic N) is 3. The van der Waals surface area contributed by atoms with Crippen LogP contribution < -0.4 is 5.32 Å². The Bertz CT molecular complexity index is 834. The first-order valence-corrected chi connectivity index (χ1v) is 11.9. The first kappa shape index (κ1) is 23.6. The third-order valence-electron chi connectivity index (χ3n) is 5.55. The maximum atomic E-state index is 13.3. The summed E-state index contributed by atoms with van der Waals surface area (Å²) in [5.41, 5.74) is 0.555. The van der Waals surface area contributed by atoms with Gasteiger partial charge in [-0.05, 0) is 22.8 Å². The van der Waals surface area contributed by atoms with E-state index >= 15 is 0 Å². The number of anilines is 1. The molecule has 31 heavy (non-hydrogen) atoms. The van der Waals surface area contributed by atoms with Crippen molar-refractivity contribution in [1.82, 2.24) is 14.1 Å². The van der Waals surface area contributed by atoms with Crippen molar-refractivity contribution in [3.63, 3.8) is 0 Å². The van der Waals surface area contributed by atoms with Crippen molar-refractivity contribution < 1.29 is 27.1 Å². The van der Waals surface area contributed by atoms with Crippen LogP contribution in [-0.2, 0) is 19.4 Å². The maximum Gasteiger partial charge on any atom is 0.325 e. The van der Waals surface area contributed by atoms with Crippen molar-refractivity contribution in [1.29, 1.82) is 0 Å². The lowest BCUT2D eigenvalue weighted by Gasteiger charge is -2.38. The summed E-state index contributed by atoms with van der Waals surface area (Å²) in [6, 6.07) is 5.90. The van der Waals surface area contributed by atoms with Crippen molar-refractivity contribution in [2.24, 2.45) is 0 Å². The van der Waals surface area contributed by atoms with Crippen LogP contribution in [0.25, 0.3) is 0 Å². The zero-order chi connectivity index (χ0) is 22.6. The van der Waals surface area contributed by atoms with E-state index in [-0.39, 0.29) is 68.9 Å². The van der Waals surface area contributed by atoms with Gasteiger partial charge in [0.05, 0.1) is 13.1 Å². The highest BCUT2D eigenvalue weighted by atomic mass is 32.3. The second kappa shape index (κ2) is 9.58. The van der Waals surface area contributed by atoms with Gasteiger partial charge >= 0.3 is 16.4 Å². The summed E-state index contributed by atoms with van der Waals surface area (Å²) in [6.45, 7) is 2.82. The van der Waals surface area contributed by atoms with Crippen LogP contribution in [0.4, 0.5) is 19.3 Å². The number of likely N-dealkylation sites (tertiary alicyclic amines) is 1. The molecule has 0 aliphatic carbocycles. The minimum absolute atomic E-state index is 0.0178. The average Bonchev–Trinajstić information content (AvgIpc) is 2.74. The molecule has 2 N–H and O–H groups in total.